The second kappa shape index (κ2) is 6.03. The second-order valence-corrected chi connectivity index (χ2v) is 5.07. The average Bonchev–Trinajstić information content (AvgIpc) is 2.35. The van der Waals surface area contributed by atoms with Crippen LogP contribution in [0.15, 0.2) is 46.9 Å². The van der Waals surface area contributed by atoms with Crippen LogP contribution in [0.5, 0.6) is 11.5 Å². The summed E-state index contributed by atoms with van der Waals surface area (Å²) in [5.74, 6) is 1.79. The van der Waals surface area contributed by atoms with Crippen LogP contribution in [0.4, 0.5) is 0 Å². The Balaban J connectivity index is 2.31. The van der Waals surface area contributed by atoms with E-state index in [9.17, 15) is 0 Å². The first-order valence-corrected chi connectivity index (χ1v) is 6.66. The van der Waals surface area contributed by atoms with Crippen molar-refractivity contribution in [2.75, 3.05) is 7.05 Å². The number of aryl methyl sites for hydroxylation is 1. The van der Waals surface area contributed by atoms with Crippen LogP contribution in [-0.2, 0) is 6.54 Å². The second-order valence-electron chi connectivity index (χ2n) is 4.15. The van der Waals surface area contributed by atoms with Crippen molar-refractivity contribution >= 4 is 15.9 Å². The maximum absolute atomic E-state index is 5.99. The normalized spacial score (nSPS) is 10.4. The summed E-state index contributed by atoms with van der Waals surface area (Å²) in [4.78, 5) is 0. The summed E-state index contributed by atoms with van der Waals surface area (Å²) in [6.07, 6.45) is 0. The van der Waals surface area contributed by atoms with Gasteiger partial charge in [0.15, 0.2) is 0 Å². The van der Waals surface area contributed by atoms with Gasteiger partial charge in [-0.05, 0) is 43.8 Å². The van der Waals surface area contributed by atoms with Crippen LogP contribution in [-0.4, -0.2) is 7.05 Å². The molecule has 18 heavy (non-hydrogen) atoms. The van der Waals surface area contributed by atoms with Gasteiger partial charge in [-0.1, -0.05) is 34.1 Å². The fraction of sp³-hybridized carbons (Fsp3) is 0.200. The fourth-order valence-electron chi connectivity index (χ4n) is 1.77. The first-order chi connectivity index (χ1) is 8.70. The standard InChI is InChI=1S/C15H16BrNO/c1-11-5-3-4-6-14(11)18-15-8-7-13(16)9-12(15)10-17-2/h3-9,17H,10H2,1-2H3. The summed E-state index contributed by atoms with van der Waals surface area (Å²) in [5.41, 5.74) is 2.27. The molecule has 0 amide bonds. The molecule has 0 fully saturated rings. The summed E-state index contributed by atoms with van der Waals surface area (Å²) in [6, 6.07) is 14.1. The highest BCUT2D eigenvalue weighted by Gasteiger charge is 2.06. The third-order valence-corrected chi connectivity index (χ3v) is 3.20. The number of para-hydroxylation sites is 1. The predicted octanol–water partition coefficient (Wildman–Crippen LogP) is 4.27. The SMILES string of the molecule is CNCc1cc(Br)ccc1Oc1ccccc1C. The Bertz CT molecular complexity index is 540. The zero-order valence-corrected chi connectivity index (χ0v) is 12.1. The number of hydrogen-bond acceptors (Lipinski definition) is 2. The third-order valence-electron chi connectivity index (χ3n) is 2.70. The lowest BCUT2D eigenvalue weighted by molar-refractivity contribution is 0.470. The molecule has 0 unspecified atom stereocenters. The van der Waals surface area contributed by atoms with Crippen molar-refractivity contribution in [3.8, 4) is 11.5 Å². The van der Waals surface area contributed by atoms with Crippen LogP contribution in [0.25, 0.3) is 0 Å². The lowest BCUT2D eigenvalue weighted by Gasteiger charge is -2.13. The van der Waals surface area contributed by atoms with Gasteiger partial charge in [0.25, 0.3) is 0 Å². The van der Waals surface area contributed by atoms with E-state index < -0.39 is 0 Å². The van der Waals surface area contributed by atoms with Crippen molar-refractivity contribution < 1.29 is 4.74 Å². The molecule has 0 saturated carbocycles. The lowest BCUT2D eigenvalue weighted by Crippen LogP contribution is -2.06. The maximum atomic E-state index is 5.99. The van der Waals surface area contributed by atoms with E-state index in [1.807, 2.05) is 50.4 Å². The summed E-state index contributed by atoms with van der Waals surface area (Å²) in [7, 11) is 1.93. The highest BCUT2D eigenvalue weighted by molar-refractivity contribution is 9.10. The van der Waals surface area contributed by atoms with Gasteiger partial charge >= 0.3 is 0 Å². The molecule has 2 aromatic rings. The van der Waals surface area contributed by atoms with Gasteiger partial charge in [0, 0.05) is 16.6 Å². The number of halogens is 1. The van der Waals surface area contributed by atoms with Gasteiger partial charge in [0.2, 0.25) is 0 Å². The Morgan fingerprint density at radius 1 is 1.11 bits per heavy atom. The molecule has 2 nitrogen and oxygen atoms in total. The van der Waals surface area contributed by atoms with E-state index in [1.54, 1.807) is 0 Å². The van der Waals surface area contributed by atoms with Crippen molar-refractivity contribution in [3.05, 3.63) is 58.1 Å². The molecule has 0 saturated heterocycles. The first-order valence-electron chi connectivity index (χ1n) is 5.87. The minimum absolute atomic E-state index is 0.778. The summed E-state index contributed by atoms with van der Waals surface area (Å²) >= 11 is 3.48. The molecule has 0 aliphatic rings. The van der Waals surface area contributed by atoms with Crippen LogP contribution in [0.1, 0.15) is 11.1 Å². The summed E-state index contributed by atoms with van der Waals surface area (Å²) < 4.78 is 7.05. The molecule has 2 aromatic carbocycles. The topological polar surface area (TPSA) is 21.3 Å². The number of ether oxygens (including phenoxy) is 1. The number of nitrogens with one attached hydrogen (secondary N) is 1. The van der Waals surface area contributed by atoms with Gasteiger partial charge in [-0.25, -0.2) is 0 Å². The van der Waals surface area contributed by atoms with Crippen molar-refractivity contribution in [3.63, 3.8) is 0 Å². The molecule has 3 heteroatoms. The lowest BCUT2D eigenvalue weighted by atomic mass is 10.2. The van der Waals surface area contributed by atoms with Crippen LogP contribution in [0.3, 0.4) is 0 Å². The Morgan fingerprint density at radius 2 is 1.89 bits per heavy atom. The largest absolute Gasteiger partial charge is 0.457 e. The number of hydrogen-bond donors (Lipinski definition) is 1. The van der Waals surface area contributed by atoms with Crippen molar-refractivity contribution in [1.82, 2.24) is 5.32 Å². The molecule has 94 valence electrons. The molecule has 0 aliphatic carbocycles. The molecule has 2 rings (SSSR count). The molecular formula is C15H16BrNO. The number of rotatable bonds is 4. The fourth-order valence-corrected chi connectivity index (χ4v) is 2.17. The third kappa shape index (κ3) is 3.12. The zero-order chi connectivity index (χ0) is 13.0. The smallest absolute Gasteiger partial charge is 0.132 e. The van der Waals surface area contributed by atoms with Crippen LogP contribution in [0, 0.1) is 6.92 Å². The van der Waals surface area contributed by atoms with Gasteiger partial charge in [-0.2, -0.15) is 0 Å². The van der Waals surface area contributed by atoms with Gasteiger partial charge in [0.05, 0.1) is 0 Å². The van der Waals surface area contributed by atoms with E-state index in [2.05, 4.69) is 27.3 Å². The first kappa shape index (κ1) is 13.1. The van der Waals surface area contributed by atoms with Gasteiger partial charge in [-0.15, -0.1) is 0 Å². The molecule has 0 heterocycles. The zero-order valence-electron chi connectivity index (χ0n) is 10.5. The van der Waals surface area contributed by atoms with E-state index in [4.69, 9.17) is 4.74 Å². The van der Waals surface area contributed by atoms with Gasteiger partial charge in [-0.3, -0.25) is 0 Å². The van der Waals surface area contributed by atoms with Crippen LogP contribution < -0.4 is 10.1 Å². The Hall–Kier alpha value is -1.32. The Labute approximate surface area is 116 Å². The van der Waals surface area contributed by atoms with E-state index in [1.165, 1.54) is 0 Å². The average molecular weight is 306 g/mol. The Morgan fingerprint density at radius 3 is 2.61 bits per heavy atom. The molecule has 1 N–H and O–H groups in total. The monoisotopic (exact) mass is 305 g/mol. The molecule has 0 aromatic heterocycles. The summed E-state index contributed by atoms with van der Waals surface area (Å²) in [6.45, 7) is 2.83. The highest BCUT2D eigenvalue weighted by Crippen LogP contribution is 2.29. The van der Waals surface area contributed by atoms with Crippen molar-refractivity contribution in [2.24, 2.45) is 0 Å². The minimum atomic E-state index is 0.778. The highest BCUT2D eigenvalue weighted by atomic mass is 79.9. The predicted molar refractivity (Wildman–Crippen MR) is 78.2 cm³/mol. The minimum Gasteiger partial charge on any atom is -0.457 e. The van der Waals surface area contributed by atoms with Crippen molar-refractivity contribution in [2.45, 2.75) is 13.5 Å². The van der Waals surface area contributed by atoms with Crippen molar-refractivity contribution in [1.29, 1.82) is 0 Å². The van der Waals surface area contributed by atoms with E-state index >= 15 is 0 Å². The quantitative estimate of drug-likeness (QED) is 0.911. The molecule has 0 bridgehead atoms. The molecule has 0 aliphatic heterocycles. The summed E-state index contributed by atoms with van der Waals surface area (Å²) in [5, 5.41) is 3.15. The van der Waals surface area contributed by atoms with E-state index in [0.29, 0.717) is 0 Å². The van der Waals surface area contributed by atoms with Crippen LogP contribution in [0.2, 0.25) is 0 Å². The Kier molecular flexibility index (Phi) is 4.39. The molecule has 0 radical (unpaired) electrons. The number of benzene rings is 2. The maximum Gasteiger partial charge on any atom is 0.132 e. The van der Waals surface area contributed by atoms with Gasteiger partial charge < -0.3 is 10.1 Å². The molecular weight excluding hydrogens is 290 g/mol. The van der Waals surface area contributed by atoms with E-state index in [0.717, 1.165) is 33.6 Å². The van der Waals surface area contributed by atoms with Gasteiger partial charge in [0.1, 0.15) is 11.5 Å². The van der Waals surface area contributed by atoms with E-state index in [-0.39, 0.29) is 0 Å². The molecule has 0 atom stereocenters. The van der Waals surface area contributed by atoms with Crippen LogP contribution >= 0.6 is 15.9 Å². The molecule has 0 spiro atoms.